The topological polar surface area (TPSA) is 44.4 Å². The number of amides is 1. The molecule has 2 N–H and O–H groups in total. The molecule has 1 saturated heterocycles. The predicted octanol–water partition coefficient (Wildman–Crippen LogP) is 2.74. The highest BCUT2D eigenvalue weighted by molar-refractivity contribution is 6.30. The third kappa shape index (κ3) is 5.01. The van der Waals surface area contributed by atoms with Crippen LogP contribution < -0.4 is 10.6 Å². The monoisotopic (exact) mass is 361 g/mol. The number of rotatable bonds is 5. The Morgan fingerprint density at radius 3 is 2.84 bits per heavy atom. The van der Waals surface area contributed by atoms with Gasteiger partial charge in [0.2, 0.25) is 5.91 Å². The smallest absolute Gasteiger partial charge is 0.234 e. The van der Waals surface area contributed by atoms with Crippen LogP contribution in [0.15, 0.2) is 48.5 Å². The van der Waals surface area contributed by atoms with E-state index in [0.717, 1.165) is 30.8 Å². The summed E-state index contributed by atoms with van der Waals surface area (Å²) in [6, 6.07) is 14.0. The molecule has 1 amide bonds. The zero-order valence-electron chi connectivity index (χ0n) is 13.8. The average Bonchev–Trinajstić information content (AvgIpc) is 2.62. The van der Waals surface area contributed by atoms with Crippen LogP contribution in [0.25, 0.3) is 0 Å². The van der Waals surface area contributed by atoms with Crippen molar-refractivity contribution in [1.82, 2.24) is 15.5 Å². The van der Waals surface area contributed by atoms with Gasteiger partial charge in [0.25, 0.3) is 0 Å². The number of hydrogen-bond acceptors (Lipinski definition) is 3. The van der Waals surface area contributed by atoms with Gasteiger partial charge in [-0.1, -0.05) is 35.9 Å². The zero-order chi connectivity index (χ0) is 17.6. The molecular weight excluding hydrogens is 341 g/mol. The second-order valence-electron chi connectivity index (χ2n) is 6.15. The first kappa shape index (κ1) is 17.9. The molecule has 0 radical (unpaired) electrons. The maximum Gasteiger partial charge on any atom is 0.234 e. The van der Waals surface area contributed by atoms with Gasteiger partial charge in [0.05, 0.1) is 6.54 Å². The van der Waals surface area contributed by atoms with Crippen molar-refractivity contribution in [1.29, 1.82) is 0 Å². The quantitative estimate of drug-likeness (QED) is 0.860. The summed E-state index contributed by atoms with van der Waals surface area (Å²) in [6.45, 7) is 3.14. The van der Waals surface area contributed by atoms with Gasteiger partial charge in [-0.3, -0.25) is 9.69 Å². The summed E-state index contributed by atoms with van der Waals surface area (Å²) in [5.74, 6) is -0.321. The van der Waals surface area contributed by atoms with Crippen LogP contribution >= 0.6 is 11.6 Å². The summed E-state index contributed by atoms with van der Waals surface area (Å²) in [5, 5.41) is 6.96. The van der Waals surface area contributed by atoms with Crippen LogP contribution in [0.3, 0.4) is 0 Å². The summed E-state index contributed by atoms with van der Waals surface area (Å²) >= 11 is 6.10. The maximum atomic E-state index is 12.9. The first-order chi connectivity index (χ1) is 12.1. The van der Waals surface area contributed by atoms with Crippen molar-refractivity contribution in [2.45, 2.75) is 12.6 Å². The highest BCUT2D eigenvalue weighted by Crippen LogP contribution is 2.24. The Morgan fingerprint density at radius 1 is 1.28 bits per heavy atom. The molecule has 1 atom stereocenters. The third-order valence-electron chi connectivity index (χ3n) is 4.34. The minimum Gasteiger partial charge on any atom is -0.351 e. The number of piperazine rings is 1. The van der Waals surface area contributed by atoms with Crippen LogP contribution in [-0.4, -0.2) is 37.0 Å². The van der Waals surface area contributed by atoms with E-state index in [9.17, 15) is 9.18 Å². The number of hydrogen-bond donors (Lipinski definition) is 2. The van der Waals surface area contributed by atoms with Crippen molar-refractivity contribution < 1.29 is 9.18 Å². The number of nitrogens with zero attached hydrogens (tertiary/aromatic N) is 1. The third-order valence-corrected chi connectivity index (χ3v) is 4.57. The summed E-state index contributed by atoms with van der Waals surface area (Å²) in [4.78, 5) is 14.5. The van der Waals surface area contributed by atoms with Crippen LogP contribution in [0.2, 0.25) is 5.02 Å². The second-order valence-corrected chi connectivity index (χ2v) is 6.59. The molecule has 0 spiro atoms. The molecule has 132 valence electrons. The van der Waals surface area contributed by atoms with E-state index in [2.05, 4.69) is 15.5 Å². The fraction of sp³-hybridized carbons (Fsp3) is 0.316. The van der Waals surface area contributed by atoms with Crippen molar-refractivity contribution in [3.8, 4) is 0 Å². The van der Waals surface area contributed by atoms with Gasteiger partial charge in [-0.15, -0.1) is 0 Å². The van der Waals surface area contributed by atoms with E-state index in [4.69, 9.17) is 11.6 Å². The molecule has 6 heteroatoms. The van der Waals surface area contributed by atoms with E-state index in [-0.39, 0.29) is 17.8 Å². The summed E-state index contributed by atoms with van der Waals surface area (Å²) in [5.41, 5.74) is 1.98. The lowest BCUT2D eigenvalue weighted by molar-refractivity contribution is -0.123. The molecule has 2 aromatic rings. The first-order valence-corrected chi connectivity index (χ1v) is 8.71. The van der Waals surface area contributed by atoms with Crippen LogP contribution in [0.4, 0.5) is 4.39 Å². The van der Waals surface area contributed by atoms with Gasteiger partial charge < -0.3 is 10.6 Å². The van der Waals surface area contributed by atoms with Gasteiger partial charge in [-0.05, 0) is 35.4 Å². The fourth-order valence-electron chi connectivity index (χ4n) is 3.02. The lowest BCUT2D eigenvalue weighted by Crippen LogP contribution is -2.49. The standard InChI is InChI=1S/C19H21ClFN3O/c20-16-3-1-2-15(10-16)18-12-22-8-9-24(18)13-19(25)23-11-14-4-6-17(21)7-5-14/h1-7,10,18,22H,8-9,11-13H2,(H,23,25). The summed E-state index contributed by atoms with van der Waals surface area (Å²) in [6.07, 6.45) is 0. The Hall–Kier alpha value is -1.95. The molecule has 1 heterocycles. The molecule has 1 fully saturated rings. The first-order valence-electron chi connectivity index (χ1n) is 8.33. The Balaban J connectivity index is 1.59. The molecule has 1 unspecified atom stereocenters. The van der Waals surface area contributed by atoms with E-state index in [0.29, 0.717) is 18.1 Å². The molecule has 1 aliphatic heterocycles. The van der Waals surface area contributed by atoms with Gasteiger partial charge in [0, 0.05) is 37.2 Å². The normalized spacial score (nSPS) is 18.1. The van der Waals surface area contributed by atoms with Crippen molar-refractivity contribution in [2.75, 3.05) is 26.2 Å². The second kappa shape index (κ2) is 8.43. The maximum absolute atomic E-state index is 12.9. The largest absolute Gasteiger partial charge is 0.351 e. The zero-order valence-corrected chi connectivity index (χ0v) is 14.6. The highest BCUT2D eigenvalue weighted by Gasteiger charge is 2.25. The number of benzene rings is 2. The van der Waals surface area contributed by atoms with Crippen molar-refractivity contribution >= 4 is 17.5 Å². The average molecular weight is 362 g/mol. The van der Waals surface area contributed by atoms with Gasteiger partial charge in [0.1, 0.15) is 5.82 Å². The van der Waals surface area contributed by atoms with E-state index in [1.807, 2.05) is 24.3 Å². The molecule has 0 aliphatic carbocycles. The van der Waals surface area contributed by atoms with Crippen LogP contribution in [0.1, 0.15) is 17.2 Å². The number of carbonyl (C=O) groups excluding carboxylic acids is 1. The van der Waals surface area contributed by atoms with Crippen LogP contribution in [0, 0.1) is 5.82 Å². The molecule has 3 rings (SSSR count). The molecular formula is C19H21ClFN3O. The Bertz CT molecular complexity index is 723. The molecule has 2 aromatic carbocycles. The Kier molecular flexibility index (Phi) is 6.02. The Labute approximate surface area is 152 Å². The van der Waals surface area contributed by atoms with Crippen molar-refractivity contribution in [3.63, 3.8) is 0 Å². The Morgan fingerprint density at radius 2 is 2.08 bits per heavy atom. The van der Waals surface area contributed by atoms with Gasteiger partial charge in [-0.2, -0.15) is 0 Å². The van der Waals surface area contributed by atoms with Gasteiger partial charge >= 0.3 is 0 Å². The van der Waals surface area contributed by atoms with Gasteiger partial charge in [-0.25, -0.2) is 4.39 Å². The number of halogens is 2. The molecule has 1 aliphatic rings. The van der Waals surface area contributed by atoms with E-state index in [1.165, 1.54) is 12.1 Å². The SMILES string of the molecule is O=C(CN1CCNCC1c1cccc(Cl)c1)NCc1ccc(F)cc1. The molecule has 0 bridgehead atoms. The van der Waals surface area contributed by atoms with Crippen LogP contribution in [-0.2, 0) is 11.3 Å². The fourth-order valence-corrected chi connectivity index (χ4v) is 3.22. The molecule has 25 heavy (non-hydrogen) atoms. The van der Waals surface area contributed by atoms with Crippen molar-refractivity contribution in [3.05, 3.63) is 70.5 Å². The van der Waals surface area contributed by atoms with E-state index < -0.39 is 0 Å². The van der Waals surface area contributed by atoms with Crippen LogP contribution in [0.5, 0.6) is 0 Å². The molecule has 0 saturated carbocycles. The molecule has 0 aromatic heterocycles. The molecule has 4 nitrogen and oxygen atoms in total. The summed E-state index contributed by atoms with van der Waals surface area (Å²) in [7, 11) is 0. The minimum atomic E-state index is -0.278. The van der Waals surface area contributed by atoms with Gasteiger partial charge in [0.15, 0.2) is 0 Å². The van der Waals surface area contributed by atoms with E-state index in [1.54, 1.807) is 12.1 Å². The minimum absolute atomic E-state index is 0.0433. The predicted molar refractivity (Wildman–Crippen MR) is 96.9 cm³/mol. The summed E-state index contributed by atoms with van der Waals surface area (Å²) < 4.78 is 12.9. The van der Waals surface area contributed by atoms with Crippen molar-refractivity contribution in [2.24, 2.45) is 0 Å². The number of carbonyl (C=O) groups is 1. The van der Waals surface area contributed by atoms with E-state index >= 15 is 0 Å². The lowest BCUT2D eigenvalue weighted by Gasteiger charge is -2.36. The highest BCUT2D eigenvalue weighted by atomic mass is 35.5. The lowest BCUT2D eigenvalue weighted by atomic mass is 10.0. The number of nitrogens with one attached hydrogen (secondary N) is 2.